The molecule has 4 heteroatoms. The fourth-order valence-electron chi connectivity index (χ4n) is 2.38. The van der Waals surface area contributed by atoms with E-state index in [2.05, 4.69) is 0 Å². The maximum Gasteiger partial charge on any atom is 0.170 e. The summed E-state index contributed by atoms with van der Waals surface area (Å²) in [6.45, 7) is 1.88. The van der Waals surface area contributed by atoms with Crippen LogP contribution in [0.25, 0.3) is 0 Å². The van der Waals surface area contributed by atoms with Crippen LogP contribution >= 0.6 is 11.6 Å². The van der Waals surface area contributed by atoms with Crippen molar-refractivity contribution >= 4 is 17.4 Å². The van der Waals surface area contributed by atoms with E-state index in [0.717, 1.165) is 5.56 Å². The van der Waals surface area contributed by atoms with Gasteiger partial charge in [-0.15, -0.1) is 0 Å². The van der Waals surface area contributed by atoms with Crippen LogP contribution in [0.2, 0.25) is 5.02 Å². The highest BCUT2D eigenvalue weighted by Crippen LogP contribution is 2.37. The highest BCUT2D eigenvalue weighted by atomic mass is 35.5. The van der Waals surface area contributed by atoms with E-state index in [4.69, 9.17) is 16.3 Å². The van der Waals surface area contributed by atoms with Crippen LogP contribution in [0.5, 0.6) is 5.75 Å². The van der Waals surface area contributed by atoms with Gasteiger partial charge in [-0.25, -0.2) is 4.39 Å². The molecular weight excluding hydrogens is 279 g/mol. The zero-order valence-electron chi connectivity index (χ0n) is 10.8. The minimum atomic E-state index is -0.587. The van der Waals surface area contributed by atoms with Crippen molar-refractivity contribution in [2.24, 2.45) is 0 Å². The summed E-state index contributed by atoms with van der Waals surface area (Å²) >= 11 is 5.87. The number of hydrogen-bond donors (Lipinski definition) is 0. The first kappa shape index (κ1) is 13.1. The Balaban J connectivity index is 2.01. The molecule has 0 fully saturated rings. The highest BCUT2D eigenvalue weighted by molar-refractivity contribution is 6.31. The Morgan fingerprint density at radius 1 is 1.25 bits per heavy atom. The molecule has 1 atom stereocenters. The Bertz CT molecular complexity index is 697. The first-order valence-corrected chi connectivity index (χ1v) is 6.68. The molecule has 3 rings (SSSR count). The molecule has 0 saturated carbocycles. The molecule has 1 heterocycles. The fraction of sp³-hybridized carbons (Fsp3) is 0.188. The predicted molar refractivity (Wildman–Crippen MR) is 74.9 cm³/mol. The lowest BCUT2D eigenvalue weighted by atomic mass is 9.95. The van der Waals surface area contributed by atoms with Gasteiger partial charge in [0, 0.05) is 10.6 Å². The molecule has 1 aliphatic heterocycles. The number of halogens is 2. The number of ether oxygens (including phenoxy) is 1. The number of hydrogen-bond acceptors (Lipinski definition) is 2. The second kappa shape index (κ2) is 4.91. The van der Waals surface area contributed by atoms with Gasteiger partial charge in [-0.05, 0) is 37.3 Å². The molecule has 20 heavy (non-hydrogen) atoms. The van der Waals surface area contributed by atoms with Crippen molar-refractivity contribution in [2.45, 2.75) is 19.4 Å². The summed E-state index contributed by atoms with van der Waals surface area (Å²) in [6, 6.07) is 9.70. The Morgan fingerprint density at radius 2 is 2.05 bits per heavy atom. The Morgan fingerprint density at radius 3 is 2.85 bits per heavy atom. The van der Waals surface area contributed by atoms with Crippen molar-refractivity contribution in [3.8, 4) is 5.75 Å². The smallest absolute Gasteiger partial charge is 0.170 e. The Labute approximate surface area is 121 Å². The van der Waals surface area contributed by atoms with Crippen LogP contribution in [0.1, 0.15) is 34.0 Å². The van der Waals surface area contributed by atoms with Crippen LogP contribution in [-0.2, 0) is 0 Å². The molecule has 2 nitrogen and oxygen atoms in total. The summed E-state index contributed by atoms with van der Waals surface area (Å²) in [7, 11) is 0. The normalized spacial score (nSPS) is 17.6. The SMILES string of the molecule is Cc1ccc(F)c(C2CC(=O)c3cc(Cl)ccc3O2)c1. The molecule has 2 aromatic rings. The van der Waals surface area contributed by atoms with Gasteiger partial charge in [0.1, 0.15) is 17.7 Å². The third-order valence-corrected chi connectivity index (χ3v) is 3.62. The molecule has 102 valence electrons. The van der Waals surface area contributed by atoms with Crippen LogP contribution in [0.4, 0.5) is 4.39 Å². The molecule has 0 saturated heterocycles. The minimum absolute atomic E-state index is 0.0837. The van der Waals surface area contributed by atoms with Crippen molar-refractivity contribution in [3.63, 3.8) is 0 Å². The predicted octanol–water partition coefficient (Wildman–Crippen LogP) is 4.49. The van der Waals surface area contributed by atoms with E-state index in [1.165, 1.54) is 6.07 Å². The van der Waals surface area contributed by atoms with E-state index in [0.29, 0.717) is 21.9 Å². The van der Waals surface area contributed by atoms with Crippen molar-refractivity contribution in [1.82, 2.24) is 0 Å². The summed E-state index contributed by atoms with van der Waals surface area (Å²) in [5.41, 5.74) is 1.81. The van der Waals surface area contributed by atoms with Gasteiger partial charge in [0.15, 0.2) is 5.78 Å². The Kier molecular flexibility index (Phi) is 3.22. The molecule has 0 radical (unpaired) electrons. The molecule has 1 unspecified atom stereocenters. The third-order valence-electron chi connectivity index (χ3n) is 3.38. The number of carbonyl (C=O) groups excluding carboxylic acids is 1. The van der Waals surface area contributed by atoms with E-state index in [1.807, 2.05) is 6.92 Å². The molecule has 0 N–H and O–H groups in total. The van der Waals surface area contributed by atoms with Crippen molar-refractivity contribution < 1.29 is 13.9 Å². The van der Waals surface area contributed by atoms with Crippen LogP contribution in [0.15, 0.2) is 36.4 Å². The molecule has 2 aromatic carbocycles. The van der Waals surface area contributed by atoms with Gasteiger partial charge in [0.2, 0.25) is 0 Å². The van der Waals surface area contributed by atoms with E-state index >= 15 is 0 Å². The van der Waals surface area contributed by atoms with Crippen LogP contribution in [-0.4, -0.2) is 5.78 Å². The summed E-state index contributed by atoms with van der Waals surface area (Å²) in [6.07, 6.45) is -0.468. The quantitative estimate of drug-likeness (QED) is 0.773. The standard InChI is InChI=1S/C16H12ClFO2/c1-9-2-4-13(18)11(6-9)16-8-14(19)12-7-10(17)3-5-15(12)20-16/h2-7,16H,8H2,1H3. The van der Waals surface area contributed by atoms with Crippen molar-refractivity contribution in [3.05, 3.63) is 63.9 Å². The first-order chi connectivity index (χ1) is 9.54. The lowest BCUT2D eigenvalue weighted by molar-refractivity contribution is 0.0846. The summed E-state index contributed by atoms with van der Waals surface area (Å²) in [4.78, 5) is 12.2. The van der Waals surface area contributed by atoms with Gasteiger partial charge in [0.25, 0.3) is 0 Å². The van der Waals surface area contributed by atoms with E-state index in [9.17, 15) is 9.18 Å². The van der Waals surface area contributed by atoms with Crippen LogP contribution in [0.3, 0.4) is 0 Å². The van der Waals surface area contributed by atoms with Crippen molar-refractivity contribution in [1.29, 1.82) is 0 Å². The molecule has 0 amide bonds. The zero-order valence-corrected chi connectivity index (χ0v) is 11.6. The van der Waals surface area contributed by atoms with Gasteiger partial charge in [0.05, 0.1) is 12.0 Å². The minimum Gasteiger partial charge on any atom is -0.484 e. The van der Waals surface area contributed by atoms with Gasteiger partial charge in [-0.1, -0.05) is 23.2 Å². The van der Waals surface area contributed by atoms with Crippen LogP contribution in [0, 0.1) is 12.7 Å². The molecule has 0 spiro atoms. The maximum atomic E-state index is 13.9. The van der Waals surface area contributed by atoms with Gasteiger partial charge in [-0.2, -0.15) is 0 Å². The molecular formula is C16H12ClFO2. The van der Waals surface area contributed by atoms with Gasteiger partial charge < -0.3 is 4.74 Å². The summed E-state index contributed by atoms with van der Waals surface area (Å²) in [5, 5.41) is 0.487. The first-order valence-electron chi connectivity index (χ1n) is 6.30. The molecule has 0 aliphatic carbocycles. The third kappa shape index (κ3) is 2.29. The van der Waals surface area contributed by atoms with E-state index in [-0.39, 0.29) is 18.0 Å². The average molecular weight is 291 g/mol. The number of carbonyl (C=O) groups is 1. The largest absolute Gasteiger partial charge is 0.484 e. The number of fused-ring (bicyclic) bond motifs is 1. The van der Waals surface area contributed by atoms with Gasteiger partial charge in [-0.3, -0.25) is 4.79 Å². The zero-order chi connectivity index (χ0) is 14.3. The van der Waals surface area contributed by atoms with Crippen LogP contribution < -0.4 is 4.74 Å². The second-order valence-corrected chi connectivity index (χ2v) is 5.34. The topological polar surface area (TPSA) is 26.3 Å². The number of ketones is 1. The van der Waals surface area contributed by atoms with E-state index < -0.39 is 6.10 Å². The summed E-state index contributed by atoms with van der Waals surface area (Å²) < 4.78 is 19.7. The summed E-state index contributed by atoms with van der Waals surface area (Å²) in [5.74, 6) is 0.0158. The number of rotatable bonds is 1. The van der Waals surface area contributed by atoms with E-state index in [1.54, 1.807) is 30.3 Å². The van der Waals surface area contributed by atoms with Gasteiger partial charge >= 0.3 is 0 Å². The maximum absolute atomic E-state index is 13.9. The Hall–Kier alpha value is -1.87. The second-order valence-electron chi connectivity index (χ2n) is 4.90. The molecule has 0 bridgehead atoms. The fourth-order valence-corrected chi connectivity index (χ4v) is 2.55. The number of benzene rings is 2. The lowest BCUT2D eigenvalue weighted by Gasteiger charge is -2.26. The molecule has 0 aromatic heterocycles. The lowest BCUT2D eigenvalue weighted by Crippen LogP contribution is -2.21. The number of Topliss-reactive ketones (excluding diaryl/α,β-unsaturated/α-hetero) is 1. The average Bonchev–Trinajstić information content (AvgIpc) is 2.42. The highest BCUT2D eigenvalue weighted by Gasteiger charge is 2.29. The molecule has 1 aliphatic rings. The number of aryl methyl sites for hydroxylation is 1. The van der Waals surface area contributed by atoms with Crippen molar-refractivity contribution in [2.75, 3.05) is 0 Å². The monoisotopic (exact) mass is 290 g/mol.